The molecule has 2 heterocycles. The molecule has 3 atom stereocenters. The molecular weight excluding hydrogens is 336 g/mol. The standard InChI is InChI=1S/C23H24N2O2/c1-23(2,3)19-13-26-21(24-19)14-8-10-15(11-9-14)22-25-20-17-7-5-4-6-16(17)12-18(20)27-22/h4-11,18-20H,12-13H2,1-3H3/t18-,19+,20?/m1/s1. The Hall–Kier alpha value is -2.62. The van der Waals surface area contributed by atoms with E-state index in [0.29, 0.717) is 6.61 Å². The molecule has 5 rings (SSSR count). The zero-order chi connectivity index (χ0) is 18.6. The van der Waals surface area contributed by atoms with Crippen molar-refractivity contribution in [2.75, 3.05) is 6.61 Å². The Morgan fingerprint density at radius 3 is 2.30 bits per heavy atom. The third-order valence-electron chi connectivity index (χ3n) is 5.70. The summed E-state index contributed by atoms with van der Waals surface area (Å²) in [4.78, 5) is 9.63. The molecule has 0 bridgehead atoms. The molecule has 3 aliphatic rings. The molecule has 2 aromatic rings. The van der Waals surface area contributed by atoms with Crippen LogP contribution in [0.4, 0.5) is 0 Å². The summed E-state index contributed by atoms with van der Waals surface area (Å²) in [6.45, 7) is 7.24. The van der Waals surface area contributed by atoms with Crippen molar-refractivity contribution in [1.82, 2.24) is 0 Å². The van der Waals surface area contributed by atoms with Gasteiger partial charge in [-0.1, -0.05) is 45.0 Å². The Kier molecular flexibility index (Phi) is 3.64. The van der Waals surface area contributed by atoms with E-state index in [4.69, 9.17) is 19.5 Å². The molecule has 1 unspecified atom stereocenters. The Bertz CT molecular complexity index is 938. The average Bonchev–Trinajstić information content (AvgIpc) is 3.35. The first-order valence-electron chi connectivity index (χ1n) is 9.63. The first kappa shape index (κ1) is 16.5. The topological polar surface area (TPSA) is 43.2 Å². The highest BCUT2D eigenvalue weighted by Crippen LogP contribution is 2.40. The monoisotopic (exact) mass is 360 g/mol. The summed E-state index contributed by atoms with van der Waals surface area (Å²) in [5.74, 6) is 1.48. The van der Waals surface area contributed by atoms with E-state index in [1.165, 1.54) is 11.1 Å². The molecule has 4 heteroatoms. The van der Waals surface area contributed by atoms with Crippen LogP contribution in [0.5, 0.6) is 0 Å². The van der Waals surface area contributed by atoms with Crippen LogP contribution in [0.25, 0.3) is 0 Å². The second-order valence-electron chi connectivity index (χ2n) is 8.64. The predicted molar refractivity (Wildman–Crippen MR) is 106 cm³/mol. The van der Waals surface area contributed by atoms with Gasteiger partial charge in [0.1, 0.15) is 18.8 Å². The van der Waals surface area contributed by atoms with Crippen LogP contribution >= 0.6 is 0 Å². The van der Waals surface area contributed by atoms with Crippen molar-refractivity contribution in [1.29, 1.82) is 0 Å². The molecule has 0 saturated heterocycles. The Labute approximate surface area is 160 Å². The molecular formula is C23H24N2O2. The summed E-state index contributed by atoms with van der Waals surface area (Å²) in [6.07, 6.45) is 1.07. The van der Waals surface area contributed by atoms with E-state index in [0.717, 1.165) is 29.3 Å². The van der Waals surface area contributed by atoms with Gasteiger partial charge >= 0.3 is 0 Å². The van der Waals surface area contributed by atoms with Gasteiger partial charge in [-0.25, -0.2) is 9.98 Å². The molecule has 4 nitrogen and oxygen atoms in total. The van der Waals surface area contributed by atoms with E-state index in [1.54, 1.807) is 0 Å². The minimum Gasteiger partial charge on any atom is -0.475 e. The van der Waals surface area contributed by atoms with Crippen molar-refractivity contribution in [3.8, 4) is 0 Å². The third-order valence-corrected chi connectivity index (χ3v) is 5.70. The molecule has 0 spiro atoms. The van der Waals surface area contributed by atoms with Crippen LogP contribution in [-0.2, 0) is 15.9 Å². The summed E-state index contributed by atoms with van der Waals surface area (Å²) in [5.41, 5.74) is 4.79. The largest absolute Gasteiger partial charge is 0.475 e. The maximum Gasteiger partial charge on any atom is 0.217 e. The van der Waals surface area contributed by atoms with Crippen LogP contribution < -0.4 is 0 Å². The summed E-state index contributed by atoms with van der Waals surface area (Å²) in [5, 5.41) is 0. The molecule has 1 aliphatic carbocycles. The number of hydrogen-bond acceptors (Lipinski definition) is 4. The minimum atomic E-state index is 0.113. The maximum absolute atomic E-state index is 6.17. The second-order valence-corrected chi connectivity index (χ2v) is 8.64. The summed E-state index contributed by atoms with van der Waals surface area (Å²) in [7, 11) is 0. The van der Waals surface area contributed by atoms with Gasteiger partial charge in [-0.15, -0.1) is 0 Å². The lowest BCUT2D eigenvalue weighted by molar-refractivity contribution is 0.206. The molecule has 0 N–H and O–H groups in total. The van der Waals surface area contributed by atoms with Gasteiger partial charge in [0.15, 0.2) is 0 Å². The van der Waals surface area contributed by atoms with Crippen molar-refractivity contribution in [2.45, 2.75) is 45.4 Å². The molecule has 2 aromatic carbocycles. The smallest absolute Gasteiger partial charge is 0.217 e. The van der Waals surface area contributed by atoms with E-state index in [2.05, 4.69) is 57.2 Å². The van der Waals surface area contributed by atoms with E-state index in [1.807, 2.05) is 12.1 Å². The van der Waals surface area contributed by atoms with Gasteiger partial charge in [-0.3, -0.25) is 0 Å². The van der Waals surface area contributed by atoms with E-state index in [-0.39, 0.29) is 23.6 Å². The van der Waals surface area contributed by atoms with Gasteiger partial charge in [0.25, 0.3) is 0 Å². The fourth-order valence-electron chi connectivity index (χ4n) is 3.97. The van der Waals surface area contributed by atoms with Gasteiger partial charge < -0.3 is 9.47 Å². The van der Waals surface area contributed by atoms with Gasteiger partial charge in [-0.05, 0) is 40.8 Å². The van der Waals surface area contributed by atoms with Crippen LogP contribution in [0.1, 0.15) is 49.1 Å². The Morgan fingerprint density at radius 1 is 0.889 bits per heavy atom. The second kappa shape index (κ2) is 5.95. The Morgan fingerprint density at radius 2 is 1.59 bits per heavy atom. The molecule has 0 aromatic heterocycles. The molecule has 2 aliphatic heterocycles. The number of ether oxygens (including phenoxy) is 2. The first-order valence-corrected chi connectivity index (χ1v) is 9.63. The predicted octanol–water partition coefficient (Wildman–Crippen LogP) is 4.32. The fraction of sp³-hybridized carbons (Fsp3) is 0.391. The van der Waals surface area contributed by atoms with Crippen LogP contribution in [0.3, 0.4) is 0 Å². The van der Waals surface area contributed by atoms with Crippen molar-refractivity contribution < 1.29 is 9.47 Å². The lowest BCUT2D eigenvalue weighted by atomic mass is 9.88. The van der Waals surface area contributed by atoms with Crippen molar-refractivity contribution in [3.63, 3.8) is 0 Å². The molecule has 138 valence electrons. The van der Waals surface area contributed by atoms with Crippen LogP contribution in [0, 0.1) is 5.41 Å². The average molecular weight is 360 g/mol. The van der Waals surface area contributed by atoms with Gasteiger partial charge in [0.05, 0.1) is 6.04 Å². The summed E-state index contributed by atoms with van der Waals surface area (Å²) < 4.78 is 12.0. The highest BCUT2D eigenvalue weighted by molar-refractivity contribution is 5.99. The molecule has 0 amide bonds. The Balaban J connectivity index is 1.37. The molecule has 0 saturated carbocycles. The lowest BCUT2D eigenvalue weighted by Crippen LogP contribution is -2.25. The zero-order valence-electron chi connectivity index (χ0n) is 16.0. The summed E-state index contributed by atoms with van der Waals surface area (Å²) in [6, 6.07) is 17.0. The van der Waals surface area contributed by atoms with Crippen molar-refractivity contribution >= 4 is 11.8 Å². The maximum atomic E-state index is 6.17. The number of hydrogen-bond donors (Lipinski definition) is 0. The van der Waals surface area contributed by atoms with Crippen LogP contribution in [0.2, 0.25) is 0 Å². The number of fused-ring (bicyclic) bond motifs is 3. The van der Waals surface area contributed by atoms with Crippen LogP contribution in [0.15, 0.2) is 58.5 Å². The molecule has 27 heavy (non-hydrogen) atoms. The fourth-order valence-corrected chi connectivity index (χ4v) is 3.97. The number of nitrogens with zero attached hydrogens (tertiary/aromatic N) is 2. The third kappa shape index (κ3) is 2.84. The summed E-state index contributed by atoms with van der Waals surface area (Å²) >= 11 is 0. The van der Waals surface area contributed by atoms with Gasteiger partial charge in [0, 0.05) is 17.5 Å². The van der Waals surface area contributed by atoms with E-state index in [9.17, 15) is 0 Å². The quantitative estimate of drug-likeness (QED) is 0.800. The minimum absolute atomic E-state index is 0.113. The van der Waals surface area contributed by atoms with Crippen molar-refractivity contribution in [2.24, 2.45) is 15.4 Å². The first-order chi connectivity index (χ1) is 13.0. The highest BCUT2D eigenvalue weighted by atomic mass is 16.5. The molecule has 0 fully saturated rings. The number of rotatable bonds is 2. The van der Waals surface area contributed by atoms with Gasteiger partial charge in [0.2, 0.25) is 11.8 Å². The lowest BCUT2D eigenvalue weighted by Gasteiger charge is -2.21. The van der Waals surface area contributed by atoms with Gasteiger partial charge in [-0.2, -0.15) is 0 Å². The van der Waals surface area contributed by atoms with Crippen molar-refractivity contribution in [3.05, 3.63) is 70.8 Å². The van der Waals surface area contributed by atoms with E-state index < -0.39 is 0 Å². The molecule has 0 radical (unpaired) electrons. The SMILES string of the molecule is CC(C)(C)[C@@H]1COC(c2ccc(C3=NC4c5ccccc5C[C@H]4O3)cc2)=N1. The van der Waals surface area contributed by atoms with Crippen LogP contribution in [-0.4, -0.2) is 30.5 Å². The highest BCUT2D eigenvalue weighted by Gasteiger charge is 2.39. The number of benzene rings is 2. The number of aliphatic imine (C=N–C) groups is 2. The van der Waals surface area contributed by atoms with E-state index >= 15 is 0 Å². The normalized spacial score (nSPS) is 26.0. The zero-order valence-corrected chi connectivity index (χ0v) is 16.0.